The summed E-state index contributed by atoms with van der Waals surface area (Å²) in [4.78, 5) is 17.6. The zero-order chi connectivity index (χ0) is 22.3. The van der Waals surface area contributed by atoms with Gasteiger partial charge in [-0.15, -0.1) is 0 Å². The number of hydrogen-bond acceptors (Lipinski definition) is 5. The first kappa shape index (κ1) is 21.3. The van der Waals surface area contributed by atoms with Crippen LogP contribution in [0, 0.1) is 0 Å². The van der Waals surface area contributed by atoms with Crippen LogP contribution in [0.3, 0.4) is 0 Å². The third-order valence-corrected chi connectivity index (χ3v) is 5.31. The number of rotatable bonds is 9. The number of nitrogens with zero attached hydrogens (tertiary/aromatic N) is 3. The summed E-state index contributed by atoms with van der Waals surface area (Å²) in [7, 11) is 2.13. The minimum atomic E-state index is -0.513. The highest BCUT2D eigenvalue weighted by Crippen LogP contribution is 2.27. The SMILES string of the molecule is CN(CCc1ccc(Oc2ccc(C(N)=O)cn2)cc1)C(c1ccccc1)c1cn[nH]c1. The number of benzene rings is 2. The molecule has 1 amide bonds. The van der Waals surface area contributed by atoms with Gasteiger partial charge in [0.25, 0.3) is 0 Å². The number of likely N-dealkylation sites (N-methyl/N-ethyl adjacent to an activating group) is 1. The van der Waals surface area contributed by atoms with Crippen LogP contribution in [0.5, 0.6) is 11.6 Å². The molecule has 0 saturated carbocycles. The van der Waals surface area contributed by atoms with E-state index >= 15 is 0 Å². The quantitative estimate of drug-likeness (QED) is 0.421. The fraction of sp³-hybridized carbons (Fsp3) is 0.160. The van der Waals surface area contributed by atoms with Crippen molar-refractivity contribution in [3.63, 3.8) is 0 Å². The summed E-state index contributed by atoms with van der Waals surface area (Å²) in [6.07, 6.45) is 6.13. The first-order valence-electron chi connectivity index (χ1n) is 10.4. The van der Waals surface area contributed by atoms with Gasteiger partial charge in [0, 0.05) is 30.6 Å². The van der Waals surface area contributed by atoms with Crippen molar-refractivity contribution in [3.8, 4) is 11.6 Å². The van der Waals surface area contributed by atoms with E-state index in [1.165, 1.54) is 17.3 Å². The van der Waals surface area contributed by atoms with Crippen molar-refractivity contribution in [1.29, 1.82) is 0 Å². The lowest BCUT2D eigenvalue weighted by atomic mass is 9.99. The third-order valence-electron chi connectivity index (χ3n) is 5.31. The molecule has 2 aromatic carbocycles. The Morgan fingerprint density at radius 3 is 2.44 bits per heavy atom. The van der Waals surface area contributed by atoms with Crippen molar-refractivity contribution in [2.24, 2.45) is 5.73 Å². The first-order chi connectivity index (χ1) is 15.6. The normalized spacial score (nSPS) is 11.9. The van der Waals surface area contributed by atoms with E-state index in [0.29, 0.717) is 17.2 Å². The maximum absolute atomic E-state index is 11.1. The van der Waals surface area contributed by atoms with Gasteiger partial charge in [-0.3, -0.25) is 14.8 Å². The molecule has 0 radical (unpaired) electrons. The van der Waals surface area contributed by atoms with Crippen LogP contribution in [0.1, 0.15) is 33.1 Å². The maximum Gasteiger partial charge on any atom is 0.250 e. The van der Waals surface area contributed by atoms with Gasteiger partial charge >= 0.3 is 0 Å². The van der Waals surface area contributed by atoms with Crippen LogP contribution >= 0.6 is 0 Å². The average Bonchev–Trinajstić information content (AvgIpc) is 3.34. The number of aromatic nitrogens is 3. The molecular weight excluding hydrogens is 402 g/mol. The summed E-state index contributed by atoms with van der Waals surface area (Å²) in [5.74, 6) is 0.580. The number of carbonyl (C=O) groups is 1. The molecule has 7 heteroatoms. The van der Waals surface area contributed by atoms with E-state index in [1.807, 2.05) is 30.6 Å². The highest BCUT2D eigenvalue weighted by atomic mass is 16.5. The molecular formula is C25H25N5O2. The van der Waals surface area contributed by atoms with Crippen LogP contribution in [-0.4, -0.2) is 39.6 Å². The van der Waals surface area contributed by atoms with Gasteiger partial charge in [0.15, 0.2) is 0 Å². The molecule has 0 aliphatic rings. The monoisotopic (exact) mass is 427 g/mol. The molecule has 4 aromatic rings. The van der Waals surface area contributed by atoms with E-state index < -0.39 is 5.91 Å². The van der Waals surface area contributed by atoms with Crippen LogP contribution < -0.4 is 10.5 Å². The molecule has 0 bridgehead atoms. The second kappa shape index (κ2) is 9.89. The molecule has 162 valence electrons. The van der Waals surface area contributed by atoms with Crippen LogP contribution in [0.2, 0.25) is 0 Å². The molecule has 1 unspecified atom stereocenters. The number of aromatic amines is 1. The Bertz CT molecular complexity index is 1130. The lowest BCUT2D eigenvalue weighted by Crippen LogP contribution is -2.27. The number of hydrogen-bond donors (Lipinski definition) is 2. The number of primary amides is 1. The van der Waals surface area contributed by atoms with Crippen molar-refractivity contribution in [1.82, 2.24) is 20.1 Å². The van der Waals surface area contributed by atoms with E-state index in [4.69, 9.17) is 10.5 Å². The van der Waals surface area contributed by atoms with Gasteiger partial charge in [0.1, 0.15) is 5.75 Å². The van der Waals surface area contributed by atoms with E-state index in [0.717, 1.165) is 18.5 Å². The molecule has 0 spiro atoms. The third kappa shape index (κ3) is 5.19. The van der Waals surface area contributed by atoms with Gasteiger partial charge in [0.05, 0.1) is 17.8 Å². The Morgan fingerprint density at radius 1 is 1.03 bits per heavy atom. The van der Waals surface area contributed by atoms with Gasteiger partial charge in [-0.2, -0.15) is 5.10 Å². The van der Waals surface area contributed by atoms with E-state index in [2.05, 4.69) is 63.5 Å². The predicted octanol–water partition coefficient (Wildman–Crippen LogP) is 3.96. The van der Waals surface area contributed by atoms with Gasteiger partial charge in [0.2, 0.25) is 11.8 Å². The zero-order valence-corrected chi connectivity index (χ0v) is 17.8. The van der Waals surface area contributed by atoms with Gasteiger partial charge in [-0.05, 0) is 42.8 Å². The fourth-order valence-corrected chi connectivity index (χ4v) is 3.61. The number of nitrogens with one attached hydrogen (secondary N) is 1. The topological polar surface area (TPSA) is 97.1 Å². The van der Waals surface area contributed by atoms with E-state index in [1.54, 1.807) is 12.1 Å². The second-order valence-electron chi connectivity index (χ2n) is 7.57. The molecule has 3 N–H and O–H groups in total. The number of nitrogens with two attached hydrogens (primary N) is 1. The minimum absolute atomic E-state index is 0.131. The van der Waals surface area contributed by atoms with Gasteiger partial charge in [-0.25, -0.2) is 4.98 Å². The standard InChI is InChI=1S/C25H25N5O2/c1-30(24(21-16-28-29-17-21)19-5-3-2-4-6-19)14-13-18-7-10-22(11-8-18)32-23-12-9-20(15-27-23)25(26)31/h2-12,15-17,24H,13-14H2,1H3,(H2,26,31)(H,28,29). The Morgan fingerprint density at radius 2 is 1.81 bits per heavy atom. The number of carbonyl (C=O) groups excluding carboxylic acids is 1. The molecule has 2 heterocycles. The molecule has 4 rings (SSSR count). The smallest absolute Gasteiger partial charge is 0.250 e. The molecule has 0 fully saturated rings. The van der Waals surface area contributed by atoms with Crippen molar-refractivity contribution >= 4 is 5.91 Å². The highest BCUT2D eigenvalue weighted by Gasteiger charge is 2.20. The summed E-state index contributed by atoms with van der Waals surface area (Å²) in [6.45, 7) is 0.876. The van der Waals surface area contributed by atoms with Crippen LogP contribution in [0.4, 0.5) is 0 Å². The minimum Gasteiger partial charge on any atom is -0.439 e. The molecule has 1 atom stereocenters. The molecule has 0 aliphatic heterocycles. The van der Waals surface area contributed by atoms with Gasteiger partial charge < -0.3 is 10.5 Å². The number of pyridine rings is 1. The summed E-state index contributed by atoms with van der Waals surface area (Å²) in [5.41, 5.74) is 9.16. The Labute approximate surface area is 186 Å². The zero-order valence-electron chi connectivity index (χ0n) is 17.8. The molecule has 32 heavy (non-hydrogen) atoms. The lowest BCUT2D eigenvalue weighted by Gasteiger charge is -2.28. The van der Waals surface area contributed by atoms with Crippen molar-refractivity contribution in [2.45, 2.75) is 12.5 Å². The Hall–Kier alpha value is -3.97. The molecule has 0 saturated heterocycles. The van der Waals surface area contributed by atoms with E-state index in [9.17, 15) is 4.79 Å². The number of ether oxygens (including phenoxy) is 1. The van der Waals surface area contributed by atoms with Crippen molar-refractivity contribution < 1.29 is 9.53 Å². The van der Waals surface area contributed by atoms with Crippen LogP contribution in [-0.2, 0) is 6.42 Å². The largest absolute Gasteiger partial charge is 0.439 e. The average molecular weight is 428 g/mol. The fourth-order valence-electron chi connectivity index (χ4n) is 3.61. The highest BCUT2D eigenvalue weighted by molar-refractivity contribution is 5.92. The van der Waals surface area contributed by atoms with Crippen LogP contribution in [0.15, 0.2) is 85.3 Å². The van der Waals surface area contributed by atoms with E-state index in [-0.39, 0.29) is 6.04 Å². The summed E-state index contributed by atoms with van der Waals surface area (Å²) in [6, 6.07) is 21.7. The number of H-pyrrole nitrogens is 1. The number of amides is 1. The Kier molecular flexibility index (Phi) is 6.57. The molecule has 0 aliphatic carbocycles. The van der Waals surface area contributed by atoms with Gasteiger partial charge in [-0.1, -0.05) is 42.5 Å². The molecule has 2 aromatic heterocycles. The maximum atomic E-state index is 11.1. The Balaban J connectivity index is 1.38. The summed E-state index contributed by atoms with van der Waals surface area (Å²) in [5, 5.41) is 7.06. The molecule has 7 nitrogen and oxygen atoms in total. The van der Waals surface area contributed by atoms with Crippen molar-refractivity contribution in [3.05, 3.63) is 108 Å². The lowest BCUT2D eigenvalue weighted by molar-refractivity contribution is 0.1000. The summed E-state index contributed by atoms with van der Waals surface area (Å²) >= 11 is 0. The first-order valence-corrected chi connectivity index (χ1v) is 10.4. The van der Waals surface area contributed by atoms with Crippen molar-refractivity contribution in [2.75, 3.05) is 13.6 Å². The second-order valence-corrected chi connectivity index (χ2v) is 7.57. The summed E-state index contributed by atoms with van der Waals surface area (Å²) < 4.78 is 5.75. The van der Waals surface area contributed by atoms with Crippen LogP contribution in [0.25, 0.3) is 0 Å². The predicted molar refractivity (Wildman–Crippen MR) is 122 cm³/mol.